The maximum absolute atomic E-state index is 13.5. The van der Waals surface area contributed by atoms with E-state index in [1.807, 2.05) is 31.2 Å². The summed E-state index contributed by atoms with van der Waals surface area (Å²) in [6.45, 7) is 1.96. The largest absolute Gasteiger partial charge is 0.545 e. The summed E-state index contributed by atoms with van der Waals surface area (Å²) in [7, 11) is 0. The molecule has 1 amide bonds. The number of nitro benzene ring substituents is 1. The lowest BCUT2D eigenvalue weighted by atomic mass is 9.95. The third-order valence-electron chi connectivity index (χ3n) is 5.87. The number of carboxylic acid groups (broad SMARTS) is 1. The topological polar surface area (TPSA) is 132 Å². The van der Waals surface area contributed by atoms with Gasteiger partial charge in [-0.05, 0) is 30.2 Å². The van der Waals surface area contributed by atoms with Crippen molar-refractivity contribution in [2.45, 2.75) is 13.0 Å². The van der Waals surface area contributed by atoms with E-state index in [0.717, 1.165) is 11.1 Å². The van der Waals surface area contributed by atoms with E-state index in [2.05, 4.69) is 10.2 Å². The molecule has 0 saturated carbocycles. The van der Waals surface area contributed by atoms with Crippen LogP contribution < -0.4 is 10.0 Å². The number of hydrogen-bond acceptors (Lipinski definition) is 6. The number of rotatable bonds is 5. The van der Waals surface area contributed by atoms with Crippen LogP contribution in [0.5, 0.6) is 0 Å². The molecule has 34 heavy (non-hydrogen) atoms. The lowest BCUT2D eigenvalue weighted by Gasteiger charge is -2.26. The van der Waals surface area contributed by atoms with Crippen molar-refractivity contribution in [3.05, 3.63) is 111 Å². The Balaban J connectivity index is 1.71. The van der Waals surface area contributed by atoms with Gasteiger partial charge in [-0.1, -0.05) is 54.1 Å². The summed E-state index contributed by atoms with van der Waals surface area (Å²) >= 11 is 0. The first kappa shape index (κ1) is 21.1. The fourth-order valence-corrected chi connectivity index (χ4v) is 4.23. The molecule has 0 bridgehead atoms. The number of carbonyl (C=O) groups is 2. The maximum Gasteiger partial charge on any atom is 0.277 e. The molecule has 2 heterocycles. The van der Waals surface area contributed by atoms with Gasteiger partial charge in [0.2, 0.25) is 0 Å². The number of fused-ring (bicyclic) bond motifs is 1. The maximum atomic E-state index is 13.5. The Morgan fingerprint density at radius 1 is 1.06 bits per heavy atom. The van der Waals surface area contributed by atoms with Crippen LogP contribution in [0.1, 0.15) is 43.6 Å². The van der Waals surface area contributed by atoms with E-state index < -0.39 is 16.9 Å². The number of nitrogens with one attached hydrogen (secondary N) is 1. The number of anilines is 1. The van der Waals surface area contributed by atoms with Gasteiger partial charge in [0.1, 0.15) is 5.69 Å². The van der Waals surface area contributed by atoms with Gasteiger partial charge in [0.25, 0.3) is 11.6 Å². The first-order chi connectivity index (χ1) is 16.3. The molecule has 1 N–H and O–H groups in total. The van der Waals surface area contributed by atoms with Crippen molar-refractivity contribution >= 4 is 23.3 Å². The molecule has 168 valence electrons. The summed E-state index contributed by atoms with van der Waals surface area (Å²) in [6.07, 6.45) is 0. The molecule has 0 aliphatic carbocycles. The number of H-pyrrole nitrogens is 1. The highest BCUT2D eigenvalue weighted by atomic mass is 16.6. The molecule has 5 rings (SSSR count). The van der Waals surface area contributed by atoms with Crippen molar-refractivity contribution in [3.63, 3.8) is 0 Å². The molecule has 9 heteroatoms. The van der Waals surface area contributed by atoms with Crippen LogP contribution in [-0.4, -0.2) is 27.0 Å². The Morgan fingerprint density at radius 3 is 2.41 bits per heavy atom. The molecule has 4 aromatic rings. The van der Waals surface area contributed by atoms with E-state index in [1.54, 1.807) is 12.1 Å². The van der Waals surface area contributed by atoms with E-state index in [-0.39, 0.29) is 22.9 Å². The number of nitro groups is 1. The normalized spacial score (nSPS) is 14.8. The Labute approximate surface area is 193 Å². The second kappa shape index (κ2) is 7.96. The first-order valence-electron chi connectivity index (χ1n) is 10.4. The average molecular weight is 453 g/mol. The third kappa shape index (κ3) is 3.39. The fourth-order valence-electron chi connectivity index (χ4n) is 4.23. The number of aromatic nitrogens is 2. The highest BCUT2D eigenvalue weighted by molar-refractivity contribution is 6.12. The first-order valence-corrected chi connectivity index (χ1v) is 10.4. The SMILES string of the molecule is Cc1ccc(-c2n[nH]c3c2C(c2cccc([N+](=O)[O-])c2)N(c2ccc(C(=O)[O-])cc2)C3=O)cc1. The summed E-state index contributed by atoms with van der Waals surface area (Å²) in [5.41, 5.74) is 4.13. The highest BCUT2D eigenvalue weighted by Gasteiger charge is 2.43. The zero-order valence-electron chi connectivity index (χ0n) is 17.9. The number of nitrogens with zero attached hydrogens (tertiary/aromatic N) is 3. The van der Waals surface area contributed by atoms with E-state index in [0.29, 0.717) is 22.5 Å². The van der Waals surface area contributed by atoms with Gasteiger partial charge in [0.15, 0.2) is 0 Å². The van der Waals surface area contributed by atoms with Crippen LogP contribution in [0.15, 0.2) is 72.8 Å². The zero-order chi connectivity index (χ0) is 24.0. The van der Waals surface area contributed by atoms with Crippen molar-refractivity contribution in [2.24, 2.45) is 0 Å². The number of carboxylic acids is 1. The van der Waals surface area contributed by atoms with E-state index in [9.17, 15) is 24.8 Å². The lowest BCUT2D eigenvalue weighted by Crippen LogP contribution is -2.29. The van der Waals surface area contributed by atoms with Gasteiger partial charge in [0.05, 0.1) is 22.6 Å². The van der Waals surface area contributed by atoms with Gasteiger partial charge in [-0.3, -0.25) is 24.9 Å². The molecule has 0 saturated heterocycles. The summed E-state index contributed by atoms with van der Waals surface area (Å²) in [5, 5.41) is 29.9. The van der Waals surface area contributed by atoms with Gasteiger partial charge >= 0.3 is 0 Å². The fraction of sp³-hybridized carbons (Fsp3) is 0.0800. The van der Waals surface area contributed by atoms with Gasteiger partial charge < -0.3 is 9.90 Å². The minimum absolute atomic E-state index is 0.0252. The smallest absolute Gasteiger partial charge is 0.277 e. The number of carbonyl (C=O) groups excluding carboxylic acids is 2. The Bertz CT molecular complexity index is 1440. The lowest BCUT2D eigenvalue weighted by molar-refractivity contribution is -0.384. The Hall–Kier alpha value is -4.79. The number of hydrogen-bond donors (Lipinski definition) is 1. The molecule has 3 aromatic carbocycles. The molecule has 9 nitrogen and oxygen atoms in total. The van der Waals surface area contributed by atoms with Crippen LogP contribution >= 0.6 is 0 Å². The van der Waals surface area contributed by atoms with Gasteiger partial charge in [-0.15, -0.1) is 0 Å². The molecule has 0 fully saturated rings. The molecule has 1 aliphatic rings. The summed E-state index contributed by atoms with van der Waals surface area (Å²) in [4.78, 5) is 37.1. The van der Waals surface area contributed by atoms with Crippen molar-refractivity contribution in [3.8, 4) is 11.3 Å². The highest BCUT2D eigenvalue weighted by Crippen LogP contribution is 2.45. The predicted molar refractivity (Wildman–Crippen MR) is 121 cm³/mol. The van der Waals surface area contributed by atoms with Crippen LogP contribution in [0.4, 0.5) is 11.4 Å². The molecular weight excluding hydrogens is 436 g/mol. The number of non-ortho nitro benzene ring substituents is 1. The predicted octanol–water partition coefficient (Wildman–Crippen LogP) is 3.41. The van der Waals surface area contributed by atoms with Crippen LogP contribution in [-0.2, 0) is 0 Å². The summed E-state index contributed by atoms with van der Waals surface area (Å²) in [6, 6.07) is 18.8. The molecule has 1 unspecified atom stereocenters. The van der Waals surface area contributed by atoms with Gasteiger partial charge in [-0.25, -0.2) is 0 Å². The summed E-state index contributed by atoms with van der Waals surface area (Å²) in [5.74, 6) is -1.70. The van der Waals surface area contributed by atoms with E-state index >= 15 is 0 Å². The Kier molecular flexibility index (Phi) is 4.94. The second-order valence-electron chi connectivity index (χ2n) is 7.99. The van der Waals surface area contributed by atoms with Gasteiger partial charge in [0, 0.05) is 28.9 Å². The molecule has 1 atom stereocenters. The zero-order valence-corrected chi connectivity index (χ0v) is 17.9. The van der Waals surface area contributed by atoms with Gasteiger partial charge in [-0.2, -0.15) is 5.10 Å². The number of amides is 1. The monoisotopic (exact) mass is 453 g/mol. The average Bonchev–Trinajstić information content (AvgIpc) is 3.38. The molecule has 1 aromatic heterocycles. The van der Waals surface area contributed by atoms with Crippen molar-refractivity contribution in [1.82, 2.24) is 10.2 Å². The molecule has 0 radical (unpaired) electrons. The number of aromatic amines is 1. The van der Waals surface area contributed by atoms with E-state index in [4.69, 9.17) is 0 Å². The molecule has 1 aliphatic heterocycles. The molecule has 0 spiro atoms. The third-order valence-corrected chi connectivity index (χ3v) is 5.87. The van der Waals surface area contributed by atoms with Crippen molar-refractivity contribution < 1.29 is 19.6 Å². The van der Waals surface area contributed by atoms with E-state index in [1.165, 1.54) is 41.3 Å². The van der Waals surface area contributed by atoms with Crippen molar-refractivity contribution in [1.29, 1.82) is 0 Å². The number of benzene rings is 3. The second-order valence-corrected chi connectivity index (χ2v) is 7.99. The summed E-state index contributed by atoms with van der Waals surface area (Å²) < 4.78 is 0. The standard InChI is InChI=1S/C25H18N4O5/c1-14-5-7-15(8-6-14)21-20-22(27-26-21)24(30)28(18-11-9-16(10-12-18)25(31)32)23(20)17-3-2-4-19(13-17)29(33)34/h2-13,23H,1H3,(H,26,27)(H,31,32)/p-1. The quantitative estimate of drug-likeness (QED) is 0.364. The van der Waals surface area contributed by atoms with Crippen LogP contribution in [0.3, 0.4) is 0 Å². The molecular formula is C25H17N4O5-. The number of aromatic carboxylic acids is 1. The van der Waals surface area contributed by atoms with Crippen LogP contribution in [0.25, 0.3) is 11.3 Å². The Morgan fingerprint density at radius 2 is 1.76 bits per heavy atom. The minimum Gasteiger partial charge on any atom is -0.545 e. The number of aryl methyl sites for hydroxylation is 1. The van der Waals surface area contributed by atoms with Crippen LogP contribution in [0, 0.1) is 17.0 Å². The van der Waals surface area contributed by atoms with Crippen LogP contribution in [0.2, 0.25) is 0 Å². The van der Waals surface area contributed by atoms with Crippen molar-refractivity contribution in [2.75, 3.05) is 4.90 Å². The minimum atomic E-state index is -1.33.